The minimum atomic E-state index is 0.792. The Morgan fingerprint density at radius 2 is 1.63 bits per heavy atom. The summed E-state index contributed by atoms with van der Waals surface area (Å²) < 4.78 is 8.17. The molecule has 0 radical (unpaired) electrons. The number of ether oxygens (including phenoxy) is 1. The first kappa shape index (κ1) is 22.5. The third kappa shape index (κ3) is 5.71. The van der Waals surface area contributed by atoms with Gasteiger partial charge in [0, 0.05) is 25.1 Å². The van der Waals surface area contributed by atoms with Crippen LogP contribution in [-0.4, -0.2) is 17.8 Å². The molecular formula is C26H34N2OS. The van der Waals surface area contributed by atoms with E-state index in [0.717, 1.165) is 49.5 Å². The fourth-order valence-electron chi connectivity index (χ4n) is 3.53. The lowest BCUT2D eigenvalue weighted by Gasteiger charge is -2.11. The van der Waals surface area contributed by atoms with Gasteiger partial charge in [0.05, 0.1) is 11.4 Å². The second-order valence-corrected chi connectivity index (χ2v) is 8.61. The van der Waals surface area contributed by atoms with Crippen LogP contribution < -0.4 is 4.80 Å². The summed E-state index contributed by atoms with van der Waals surface area (Å²) in [6.45, 7) is 11.2. The van der Waals surface area contributed by atoms with Gasteiger partial charge in [0.1, 0.15) is 0 Å². The molecule has 0 saturated heterocycles. The average molecular weight is 423 g/mol. The fraction of sp³-hybridized carbons (Fsp3) is 0.423. The first-order valence-electron chi connectivity index (χ1n) is 11.1. The van der Waals surface area contributed by atoms with Gasteiger partial charge in [-0.05, 0) is 55.4 Å². The van der Waals surface area contributed by atoms with Gasteiger partial charge in [-0.2, -0.15) is 0 Å². The molecule has 0 saturated carbocycles. The van der Waals surface area contributed by atoms with E-state index in [1.807, 2.05) is 0 Å². The minimum absolute atomic E-state index is 0.792. The summed E-state index contributed by atoms with van der Waals surface area (Å²) in [5.74, 6) is 0. The molecule has 0 N–H and O–H groups in total. The third-order valence-corrected chi connectivity index (χ3v) is 6.28. The summed E-state index contributed by atoms with van der Waals surface area (Å²) in [6.07, 6.45) is 4.36. The summed E-state index contributed by atoms with van der Waals surface area (Å²) in [6, 6.07) is 15.3. The van der Waals surface area contributed by atoms with Crippen molar-refractivity contribution in [3.8, 4) is 11.3 Å². The van der Waals surface area contributed by atoms with E-state index in [9.17, 15) is 0 Å². The van der Waals surface area contributed by atoms with E-state index in [4.69, 9.17) is 9.73 Å². The van der Waals surface area contributed by atoms with E-state index in [1.165, 1.54) is 34.4 Å². The molecule has 2 aromatic carbocycles. The average Bonchev–Trinajstić information content (AvgIpc) is 3.16. The molecule has 3 aromatic rings. The van der Waals surface area contributed by atoms with Crippen molar-refractivity contribution in [2.45, 2.75) is 59.9 Å². The highest BCUT2D eigenvalue weighted by Gasteiger charge is 2.10. The maximum atomic E-state index is 5.80. The van der Waals surface area contributed by atoms with Crippen LogP contribution in [-0.2, 0) is 17.7 Å². The Morgan fingerprint density at radius 3 is 2.30 bits per heavy atom. The number of benzene rings is 2. The standard InChI is InChI=1S/C26H34N2OS/c1-5-7-17-29-18-9-16-28-24(23-14-12-22(6-2)13-15-23)19-30-26(28)27-25-20(3)10-8-11-21(25)4/h8,10-15,19H,5-7,9,16-18H2,1-4H3. The zero-order valence-electron chi connectivity index (χ0n) is 18.8. The van der Waals surface area contributed by atoms with Crippen molar-refractivity contribution in [3.63, 3.8) is 0 Å². The molecular weight excluding hydrogens is 388 g/mol. The second kappa shape index (κ2) is 11.3. The van der Waals surface area contributed by atoms with Crippen molar-refractivity contribution < 1.29 is 4.74 Å². The highest BCUT2D eigenvalue weighted by atomic mass is 32.1. The van der Waals surface area contributed by atoms with Crippen molar-refractivity contribution in [2.75, 3.05) is 13.2 Å². The molecule has 1 aromatic heterocycles. The molecule has 160 valence electrons. The van der Waals surface area contributed by atoms with Gasteiger partial charge in [0.2, 0.25) is 0 Å². The van der Waals surface area contributed by atoms with Crippen molar-refractivity contribution >= 4 is 17.0 Å². The molecule has 0 aliphatic heterocycles. The van der Waals surface area contributed by atoms with Crippen LogP contribution in [0.3, 0.4) is 0 Å². The van der Waals surface area contributed by atoms with E-state index in [-0.39, 0.29) is 0 Å². The number of rotatable bonds is 10. The molecule has 0 bridgehead atoms. The highest BCUT2D eigenvalue weighted by molar-refractivity contribution is 7.07. The summed E-state index contributed by atoms with van der Waals surface area (Å²) >= 11 is 1.72. The Balaban J connectivity index is 1.93. The fourth-order valence-corrected chi connectivity index (χ4v) is 4.47. The van der Waals surface area contributed by atoms with Crippen molar-refractivity contribution in [1.82, 2.24) is 4.57 Å². The molecule has 0 aliphatic carbocycles. The van der Waals surface area contributed by atoms with Crippen molar-refractivity contribution in [3.05, 3.63) is 69.3 Å². The number of aryl methyl sites for hydroxylation is 3. The first-order valence-corrected chi connectivity index (χ1v) is 12.0. The Morgan fingerprint density at radius 1 is 0.933 bits per heavy atom. The topological polar surface area (TPSA) is 26.5 Å². The smallest absolute Gasteiger partial charge is 0.190 e. The number of hydrogen-bond donors (Lipinski definition) is 0. The summed E-state index contributed by atoms with van der Waals surface area (Å²) in [5.41, 5.74) is 7.36. The van der Waals surface area contributed by atoms with Crippen LogP contribution in [0.25, 0.3) is 11.3 Å². The third-order valence-electron chi connectivity index (χ3n) is 5.42. The van der Waals surface area contributed by atoms with E-state index in [1.54, 1.807) is 11.3 Å². The van der Waals surface area contributed by atoms with Gasteiger partial charge < -0.3 is 9.30 Å². The van der Waals surface area contributed by atoms with Crippen LogP contribution in [0.5, 0.6) is 0 Å². The molecule has 0 aliphatic rings. The molecule has 4 heteroatoms. The largest absolute Gasteiger partial charge is 0.381 e. The zero-order chi connectivity index (χ0) is 21.3. The van der Waals surface area contributed by atoms with Crippen LogP contribution in [0.15, 0.2) is 52.8 Å². The Kier molecular flexibility index (Phi) is 8.47. The van der Waals surface area contributed by atoms with Crippen LogP contribution in [0.1, 0.15) is 49.8 Å². The second-order valence-electron chi connectivity index (χ2n) is 7.78. The summed E-state index contributed by atoms with van der Waals surface area (Å²) in [4.78, 5) is 6.14. The highest BCUT2D eigenvalue weighted by Crippen LogP contribution is 2.25. The lowest BCUT2D eigenvalue weighted by atomic mass is 10.1. The van der Waals surface area contributed by atoms with Gasteiger partial charge in [0.25, 0.3) is 0 Å². The molecule has 0 atom stereocenters. The molecule has 0 fully saturated rings. The minimum Gasteiger partial charge on any atom is -0.381 e. The summed E-state index contributed by atoms with van der Waals surface area (Å²) in [5, 5.41) is 2.24. The van der Waals surface area contributed by atoms with Crippen molar-refractivity contribution in [1.29, 1.82) is 0 Å². The first-order chi connectivity index (χ1) is 14.6. The number of para-hydroxylation sites is 1. The Labute approximate surface area is 185 Å². The normalized spacial score (nSPS) is 11.9. The molecule has 3 nitrogen and oxygen atoms in total. The molecule has 1 heterocycles. The van der Waals surface area contributed by atoms with Crippen LogP contribution in [0.4, 0.5) is 5.69 Å². The zero-order valence-corrected chi connectivity index (χ0v) is 19.6. The molecule has 0 unspecified atom stereocenters. The Bertz CT molecular complexity index is 978. The quantitative estimate of drug-likeness (QED) is 0.329. The predicted octanol–water partition coefficient (Wildman–Crippen LogP) is 6.84. The van der Waals surface area contributed by atoms with E-state index < -0.39 is 0 Å². The molecule has 0 amide bonds. The van der Waals surface area contributed by atoms with E-state index in [0.29, 0.717) is 0 Å². The molecule has 0 spiro atoms. The number of hydrogen-bond acceptors (Lipinski definition) is 3. The van der Waals surface area contributed by atoms with Gasteiger partial charge in [-0.1, -0.05) is 62.7 Å². The lowest BCUT2D eigenvalue weighted by molar-refractivity contribution is 0.126. The Hall–Kier alpha value is -2.17. The summed E-state index contributed by atoms with van der Waals surface area (Å²) in [7, 11) is 0. The van der Waals surface area contributed by atoms with Gasteiger partial charge >= 0.3 is 0 Å². The number of nitrogens with zero attached hydrogens (tertiary/aromatic N) is 2. The monoisotopic (exact) mass is 422 g/mol. The van der Waals surface area contributed by atoms with Gasteiger partial charge in [-0.15, -0.1) is 11.3 Å². The number of unbranched alkanes of at least 4 members (excludes halogenated alkanes) is 1. The van der Waals surface area contributed by atoms with Gasteiger partial charge in [-0.3, -0.25) is 0 Å². The predicted molar refractivity (Wildman–Crippen MR) is 129 cm³/mol. The van der Waals surface area contributed by atoms with Gasteiger partial charge in [0.15, 0.2) is 4.80 Å². The lowest BCUT2D eigenvalue weighted by Crippen LogP contribution is -2.17. The van der Waals surface area contributed by atoms with Gasteiger partial charge in [-0.25, -0.2) is 4.99 Å². The van der Waals surface area contributed by atoms with E-state index >= 15 is 0 Å². The number of thiazole rings is 1. The molecule has 30 heavy (non-hydrogen) atoms. The maximum absolute atomic E-state index is 5.80. The molecule has 3 rings (SSSR count). The van der Waals surface area contributed by atoms with E-state index in [2.05, 4.69) is 80.1 Å². The van der Waals surface area contributed by atoms with Crippen LogP contribution in [0.2, 0.25) is 0 Å². The SMILES string of the molecule is CCCCOCCCn1c(-c2ccc(CC)cc2)csc1=Nc1c(C)cccc1C. The van der Waals surface area contributed by atoms with Crippen LogP contribution in [0, 0.1) is 13.8 Å². The maximum Gasteiger partial charge on any atom is 0.190 e. The number of aromatic nitrogens is 1. The van der Waals surface area contributed by atoms with Crippen molar-refractivity contribution in [2.24, 2.45) is 4.99 Å². The van der Waals surface area contributed by atoms with Crippen LogP contribution >= 0.6 is 11.3 Å².